The summed E-state index contributed by atoms with van der Waals surface area (Å²) < 4.78 is 5.37. The topological polar surface area (TPSA) is 45.9 Å². The van der Waals surface area contributed by atoms with Crippen LogP contribution in [0.4, 0.5) is 0 Å². The third kappa shape index (κ3) is 2.67. The number of rotatable bonds is 3. The van der Waals surface area contributed by atoms with Crippen LogP contribution in [0.1, 0.15) is 53.6 Å². The highest BCUT2D eigenvalue weighted by molar-refractivity contribution is 7.12. The second kappa shape index (κ2) is 5.61. The molecule has 1 aliphatic rings. The Morgan fingerprint density at radius 2 is 2.24 bits per heavy atom. The van der Waals surface area contributed by atoms with E-state index in [1.807, 2.05) is 6.92 Å². The zero-order chi connectivity index (χ0) is 12.3. The van der Waals surface area contributed by atoms with Gasteiger partial charge in [0.2, 0.25) is 0 Å². The highest BCUT2D eigenvalue weighted by Gasteiger charge is 2.23. The van der Waals surface area contributed by atoms with Crippen molar-refractivity contribution < 1.29 is 4.74 Å². The number of hydrogen-bond acceptors (Lipinski definition) is 4. The molecule has 1 aliphatic heterocycles. The molecule has 4 heteroatoms. The number of ether oxygens (including phenoxy) is 1. The summed E-state index contributed by atoms with van der Waals surface area (Å²) in [6, 6.07) is 2.37. The van der Waals surface area contributed by atoms with Gasteiger partial charge in [-0.15, -0.1) is 11.3 Å². The molecule has 2 heterocycles. The average molecular weight is 250 g/mol. The lowest BCUT2D eigenvalue weighted by Gasteiger charge is -2.19. The van der Waals surface area contributed by atoms with Gasteiger partial charge < -0.3 is 4.74 Å². The first kappa shape index (κ1) is 12.5. The molecule has 1 atom stereocenters. The van der Waals surface area contributed by atoms with Crippen LogP contribution in [0.2, 0.25) is 0 Å². The van der Waals surface area contributed by atoms with Crippen LogP contribution in [0.3, 0.4) is 0 Å². The predicted octanol–water partition coefficient (Wildman–Crippen LogP) is 3.36. The summed E-state index contributed by atoms with van der Waals surface area (Å²) in [7, 11) is 0. The molecule has 0 amide bonds. The monoisotopic (exact) mass is 250 g/mol. The smallest absolute Gasteiger partial charge is 0.0964 e. The van der Waals surface area contributed by atoms with Gasteiger partial charge in [0.1, 0.15) is 0 Å². The van der Waals surface area contributed by atoms with E-state index in [-0.39, 0.29) is 5.92 Å². The first-order valence-electron chi connectivity index (χ1n) is 6.20. The summed E-state index contributed by atoms with van der Waals surface area (Å²) in [4.78, 5) is 5.83. The number of thiazole rings is 1. The Morgan fingerprint density at radius 3 is 2.82 bits per heavy atom. The quantitative estimate of drug-likeness (QED) is 0.826. The molecule has 3 nitrogen and oxygen atoms in total. The average Bonchev–Trinajstić information content (AvgIpc) is 2.75. The van der Waals surface area contributed by atoms with Crippen molar-refractivity contribution in [2.75, 3.05) is 13.2 Å². The summed E-state index contributed by atoms with van der Waals surface area (Å²) >= 11 is 1.73. The van der Waals surface area contributed by atoms with Gasteiger partial charge in [-0.25, -0.2) is 4.98 Å². The number of aryl methyl sites for hydroxylation is 1. The van der Waals surface area contributed by atoms with Crippen molar-refractivity contribution in [1.29, 1.82) is 5.26 Å². The van der Waals surface area contributed by atoms with Crippen LogP contribution >= 0.6 is 11.3 Å². The molecule has 1 aromatic heterocycles. The van der Waals surface area contributed by atoms with Gasteiger partial charge >= 0.3 is 0 Å². The second-order valence-electron chi connectivity index (χ2n) is 4.48. The zero-order valence-corrected chi connectivity index (χ0v) is 11.2. The molecular weight excluding hydrogens is 232 g/mol. The Morgan fingerprint density at radius 1 is 1.53 bits per heavy atom. The van der Waals surface area contributed by atoms with Crippen LogP contribution in [-0.2, 0) is 4.74 Å². The van der Waals surface area contributed by atoms with E-state index >= 15 is 0 Å². The Bertz CT molecular complexity index is 416. The minimum Gasteiger partial charge on any atom is -0.381 e. The van der Waals surface area contributed by atoms with E-state index in [1.165, 1.54) is 5.01 Å². The lowest BCUT2D eigenvalue weighted by molar-refractivity contribution is 0.0852. The van der Waals surface area contributed by atoms with Crippen LogP contribution in [0, 0.1) is 18.3 Å². The summed E-state index contributed by atoms with van der Waals surface area (Å²) in [5.41, 5.74) is 1.05. The SMILES string of the molecule is CCC(C#N)c1sc(C2CCOCC2)nc1C. The van der Waals surface area contributed by atoms with Crippen molar-refractivity contribution in [3.05, 3.63) is 15.6 Å². The van der Waals surface area contributed by atoms with Crippen molar-refractivity contribution in [3.63, 3.8) is 0 Å². The first-order valence-corrected chi connectivity index (χ1v) is 7.02. The molecule has 2 rings (SSSR count). The molecule has 1 saturated heterocycles. The lowest BCUT2D eigenvalue weighted by Crippen LogP contribution is -2.13. The number of aromatic nitrogens is 1. The Kier molecular flexibility index (Phi) is 4.14. The minimum absolute atomic E-state index is 0.0149. The van der Waals surface area contributed by atoms with Crippen LogP contribution in [0.25, 0.3) is 0 Å². The lowest BCUT2D eigenvalue weighted by atomic mass is 10.0. The molecule has 92 valence electrons. The number of nitriles is 1. The molecule has 0 aromatic carbocycles. The molecule has 0 N–H and O–H groups in total. The van der Waals surface area contributed by atoms with E-state index in [0.717, 1.165) is 43.0 Å². The fraction of sp³-hybridized carbons (Fsp3) is 0.692. The fourth-order valence-corrected chi connectivity index (χ4v) is 3.57. The summed E-state index contributed by atoms with van der Waals surface area (Å²) in [6.45, 7) is 5.76. The maximum Gasteiger partial charge on any atom is 0.0964 e. The molecule has 0 saturated carbocycles. The van der Waals surface area contributed by atoms with Crippen LogP contribution in [0.5, 0.6) is 0 Å². The highest BCUT2D eigenvalue weighted by Crippen LogP contribution is 2.35. The van der Waals surface area contributed by atoms with E-state index in [0.29, 0.717) is 5.92 Å². The third-order valence-electron chi connectivity index (χ3n) is 3.30. The van der Waals surface area contributed by atoms with E-state index in [1.54, 1.807) is 11.3 Å². The van der Waals surface area contributed by atoms with Crippen molar-refractivity contribution >= 4 is 11.3 Å². The minimum atomic E-state index is 0.0149. The molecule has 0 spiro atoms. The Balaban J connectivity index is 2.20. The number of hydrogen-bond donors (Lipinski definition) is 0. The standard InChI is InChI=1S/C13H18N2OS/c1-3-10(8-14)12-9(2)15-13(17-12)11-4-6-16-7-5-11/h10-11H,3-7H2,1-2H3. The Labute approximate surface area is 106 Å². The van der Waals surface area contributed by atoms with Gasteiger partial charge in [-0.2, -0.15) is 5.26 Å². The van der Waals surface area contributed by atoms with Crippen LogP contribution < -0.4 is 0 Å². The molecule has 1 aromatic rings. The van der Waals surface area contributed by atoms with E-state index < -0.39 is 0 Å². The molecule has 0 bridgehead atoms. The number of nitrogens with zero attached hydrogens (tertiary/aromatic N) is 2. The summed E-state index contributed by atoms with van der Waals surface area (Å²) in [5, 5.41) is 10.3. The maximum absolute atomic E-state index is 9.13. The normalized spacial score (nSPS) is 18.9. The van der Waals surface area contributed by atoms with Gasteiger partial charge in [-0.05, 0) is 26.2 Å². The largest absolute Gasteiger partial charge is 0.381 e. The molecule has 1 unspecified atom stereocenters. The zero-order valence-electron chi connectivity index (χ0n) is 10.4. The van der Waals surface area contributed by atoms with Crippen molar-refractivity contribution in [2.45, 2.75) is 44.9 Å². The second-order valence-corrected chi connectivity index (χ2v) is 5.54. The van der Waals surface area contributed by atoms with E-state index in [4.69, 9.17) is 10.00 Å². The van der Waals surface area contributed by atoms with Gasteiger partial charge in [0.25, 0.3) is 0 Å². The molecule has 17 heavy (non-hydrogen) atoms. The summed E-state index contributed by atoms with van der Waals surface area (Å²) in [6.07, 6.45) is 3.00. The van der Waals surface area contributed by atoms with Gasteiger partial charge in [-0.1, -0.05) is 6.92 Å². The van der Waals surface area contributed by atoms with Gasteiger partial charge in [-0.3, -0.25) is 0 Å². The molecule has 0 radical (unpaired) electrons. The van der Waals surface area contributed by atoms with Gasteiger partial charge in [0.15, 0.2) is 0 Å². The van der Waals surface area contributed by atoms with Crippen molar-refractivity contribution in [1.82, 2.24) is 4.98 Å². The van der Waals surface area contributed by atoms with Gasteiger partial charge in [0.05, 0.1) is 22.7 Å². The molecule has 1 fully saturated rings. The van der Waals surface area contributed by atoms with Crippen molar-refractivity contribution in [3.8, 4) is 6.07 Å². The maximum atomic E-state index is 9.13. The predicted molar refractivity (Wildman–Crippen MR) is 68.3 cm³/mol. The fourth-order valence-electron chi connectivity index (χ4n) is 2.21. The third-order valence-corrected chi connectivity index (χ3v) is 4.73. The van der Waals surface area contributed by atoms with E-state index in [2.05, 4.69) is 18.0 Å². The van der Waals surface area contributed by atoms with Crippen LogP contribution in [-0.4, -0.2) is 18.2 Å². The van der Waals surface area contributed by atoms with Crippen molar-refractivity contribution in [2.24, 2.45) is 0 Å². The van der Waals surface area contributed by atoms with E-state index in [9.17, 15) is 0 Å². The van der Waals surface area contributed by atoms with Gasteiger partial charge in [0, 0.05) is 24.0 Å². The Hall–Kier alpha value is -0.920. The molecule has 0 aliphatic carbocycles. The highest BCUT2D eigenvalue weighted by atomic mass is 32.1. The first-order chi connectivity index (χ1) is 8.26. The molecular formula is C13H18N2OS. The summed E-state index contributed by atoms with van der Waals surface area (Å²) in [5.74, 6) is 0.554. The van der Waals surface area contributed by atoms with Crippen LogP contribution in [0.15, 0.2) is 0 Å².